The maximum atomic E-state index is 14.0. The standard InChI is InChI=1S/C23H27F17O7/c1-43-6-7-44-8-9-45-10-11-47-13-14(2-3-15(41)42)12-46-5-4-16(24,25)17(26,27)18(28,29)19(30,31)20(32,33)21(34,35)22(36,37)23(38,39)40/h2-3,14H,4-13H2,1H3,(H,41,42). The average Bonchev–Trinajstić information content (AvgIpc) is 2.93. The van der Waals surface area contributed by atoms with Gasteiger partial charge >= 0.3 is 53.6 Å². The molecule has 0 aliphatic rings. The fourth-order valence-electron chi connectivity index (χ4n) is 2.98. The Balaban J connectivity index is 5.50. The van der Waals surface area contributed by atoms with Crippen molar-refractivity contribution < 1.29 is 108 Å². The van der Waals surface area contributed by atoms with Gasteiger partial charge in [-0.3, -0.25) is 0 Å². The third-order valence-corrected chi connectivity index (χ3v) is 5.70. The number of methoxy groups -OCH3 is 1. The van der Waals surface area contributed by atoms with E-state index in [2.05, 4.69) is 4.74 Å². The fourth-order valence-corrected chi connectivity index (χ4v) is 2.98. The number of carboxylic acids is 1. The number of hydrogen-bond donors (Lipinski definition) is 1. The van der Waals surface area contributed by atoms with Crippen LogP contribution in [0, 0.1) is 5.92 Å². The number of alkyl halides is 17. The maximum Gasteiger partial charge on any atom is 0.460 e. The van der Waals surface area contributed by atoms with Crippen molar-refractivity contribution >= 4 is 5.97 Å². The van der Waals surface area contributed by atoms with Crippen molar-refractivity contribution in [2.75, 3.05) is 66.6 Å². The van der Waals surface area contributed by atoms with E-state index >= 15 is 0 Å². The number of halogens is 17. The van der Waals surface area contributed by atoms with Crippen LogP contribution >= 0.6 is 0 Å². The van der Waals surface area contributed by atoms with Crippen molar-refractivity contribution in [3.63, 3.8) is 0 Å². The summed E-state index contributed by atoms with van der Waals surface area (Å²) >= 11 is 0. The SMILES string of the molecule is COCCOCCOCCOCC(C=CC(=O)O)COCCC(F)(F)C(F)(F)C(F)(F)C(F)(F)C(F)(F)C(F)(F)C(F)(F)C(F)(F)F. The summed E-state index contributed by atoms with van der Waals surface area (Å²) in [6.45, 7) is -2.63. The van der Waals surface area contributed by atoms with Crippen LogP contribution < -0.4 is 0 Å². The van der Waals surface area contributed by atoms with Crippen molar-refractivity contribution in [3.8, 4) is 0 Å². The Bertz CT molecular complexity index is 987. The first-order chi connectivity index (χ1) is 21.1. The molecule has 280 valence electrons. The van der Waals surface area contributed by atoms with Gasteiger partial charge in [-0.2, -0.15) is 74.6 Å². The molecule has 0 aromatic carbocycles. The van der Waals surface area contributed by atoms with Crippen molar-refractivity contribution in [3.05, 3.63) is 12.2 Å². The first-order valence-corrected chi connectivity index (χ1v) is 12.5. The Morgan fingerprint density at radius 1 is 0.553 bits per heavy atom. The molecule has 1 unspecified atom stereocenters. The predicted octanol–water partition coefficient (Wildman–Crippen LogP) is 6.36. The maximum absolute atomic E-state index is 14.0. The monoisotopic (exact) mass is 738 g/mol. The highest BCUT2D eigenvalue weighted by atomic mass is 19.4. The van der Waals surface area contributed by atoms with Crippen LogP contribution in [0.25, 0.3) is 0 Å². The van der Waals surface area contributed by atoms with Gasteiger partial charge in [0, 0.05) is 25.5 Å². The quantitative estimate of drug-likeness (QED) is 0.0702. The van der Waals surface area contributed by atoms with Crippen LogP contribution in [-0.4, -0.2) is 125 Å². The number of ether oxygens (including phenoxy) is 5. The molecule has 0 spiro atoms. The van der Waals surface area contributed by atoms with Gasteiger partial charge in [0.05, 0.1) is 59.5 Å². The highest BCUT2D eigenvalue weighted by Gasteiger charge is 2.95. The van der Waals surface area contributed by atoms with Gasteiger partial charge in [-0.25, -0.2) is 4.79 Å². The molecule has 0 heterocycles. The minimum Gasteiger partial charge on any atom is -0.478 e. The lowest BCUT2D eigenvalue weighted by atomic mass is 9.88. The molecular formula is C23H27F17O7. The molecular weight excluding hydrogens is 711 g/mol. The number of hydrogen-bond acceptors (Lipinski definition) is 6. The van der Waals surface area contributed by atoms with Crippen LogP contribution in [0.15, 0.2) is 12.2 Å². The van der Waals surface area contributed by atoms with Gasteiger partial charge < -0.3 is 28.8 Å². The molecule has 0 aliphatic carbocycles. The number of carboxylic acid groups (broad SMARTS) is 1. The van der Waals surface area contributed by atoms with Gasteiger partial charge in [0.15, 0.2) is 0 Å². The molecule has 0 rings (SSSR count). The van der Waals surface area contributed by atoms with Crippen LogP contribution in [0.3, 0.4) is 0 Å². The van der Waals surface area contributed by atoms with Crippen molar-refractivity contribution in [1.29, 1.82) is 0 Å². The summed E-state index contributed by atoms with van der Waals surface area (Å²) in [5.41, 5.74) is 0. The van der Waals surface area contributed by atoms with Crippen LogP contribution in [0.5, 0.6) is 0 Å². The van der Waals surface area contributed by atoms with Gasteiger partial charge in [0.1, 0.15) is 0 Å². The summed E-state index contributed by atoms with van der Waals surface area (Å²) < 4.78 is 251. The van der Waals surface area contributed by atoms with E-state index in [1.807, 2.05) is 0 Å². The second kappa shape index (κ2) is 17.0. The van der Waals surface area contributed by atoms with Crippen LogP contribution in [0.1, 0.15) is 6.42 Å². The van der Waals surface area contributed by atoms with E-state index in [0.717, 1.165) is 6.08 Å². The molecule has 0 saturated carbocycles. The largest absolute Gasteiger partial charge is 0.478 e. The highest BCUT2D eigenvalue weighted by molar-refractivity contribution is 5.79. The first-order valence-electron chi connectivity index (χ1n) is 12.5. The van der Waals surface area contributed by atoms with Crippen LogP contribution in [0.2, 0.25) is 0 Å². The van der Waals surface area contributed by atoms with Crippen molar-refractivity contribution in [1.82, 2.24) is 0 Å². The Kier molecular flexibility index (Phi) is 16.2. The van der Waals surface area contributed by atoms with E-state index in [9.17, 15) is 79.4 Å². The van der Waals surface area contributed by atoms with Gasteiger partial charge in [0.25, 0.3) is 0 Å². The normalized spacial score (nSPS) is 15.4. The Morgan fingerprint density at radius 3 is 1.32 bits per heavy atom. The summed E-state index contributed by atoms with van der Waals surface area (Å²) in [5.74, 6) is -59.7. The van der Waals surface area contributed by atoms with E-state index in [-0.39, 0.29) is 33.0 Å². The molecule has 0 radical (unpaired) electrons. The third-order valence-electron chi connectivity index (χ3n) is 5.70. The molecule has 0 amide bonds. The lowest BCUT2D eigenvalue weighted by Gasteiger charge is -2.42. The molecule has 1 atom stereocenters. The summed E-state index contributed by atoms with van der Waals surface area (Å²) in [6.07, 6.45) is -9.32. The zero-order valence-corrected chi connectivity index (χ0v) is 23.6. The number of rotatable bonds is 24. The summed E-state index contributed by atoms with van der Waals surface area (Å²) in [5, 5.41) is 8.69. The van der Waals surface area contributed by atoms with Gasteiger partial charge in [-0.05, 0) is 0 Å². The molecule has 0 fully saturated rings. The molecule has 0 aromatic heterocycles. The third kappa shape index (κ3) is 10.4. The Morgan fingerprint density at radius 2 is 0.915 bits per heavy atom. The zero-order chi connectivity index (χ0) is 37.2. The van der Waals surface area contributed by atoms with E-state index in [1.165, 1.54) is 7.11 Å². The summed E-state index contributed by atoms with van der Waals surface area (Å²) in [7, 11) is 1.44. The molecule has 0 aromatic rings. The first kappa shape index (κ1) is 44.8. The lowest BCUT2D eigenvalue weighted by Crippen LogP contribution is -2.74. The summed E-state index contributed by atoms with van der Waals surface area (Å²) in [4.78, 5) is 10.7. The van der Waals surface area contributed by atoms with E-state index < -0.39 is 85.8 Å². The molecule has 0 saturated heterocycles. The number of aliphatic carboxylic acids is 1. The Hall–Kier alpha value is -2.18. The molecule has 47 heavy (non-hydrogen) atoms. The van der Waals surface area contributed by atoms with Gasteiger partial charge in [-0.15, -0.1) is 0 Å². The van der Waals surface area contributed by atoms with Crippen molar-refractivity contribution in [2.24, 2.45) is 5.92 Å². The van der Waals surface area contributed by atoms with E-state index in [0.29, 0.717) is 12.7 Å². The molecule has 7 nitrogen and oxygen atoms in total. The van der Waals surface area contributed by atoms with Gasteiger partial charge in [-0.1, -0.05) is 6.08 Å². The zero-order valence-electron chi connectivity index (χ0n) is 23.6. The lowest BCUT2D eigenvalue weighted by molar-refractivity contribution is -0.462. The number of carbonyl (C=O) groups is 1. The Labute approximate surface area is 253 Å². The average molecular weight is 738 g/mol. The minimum atomic E-state index is -8.70. The molecule has 1 N–H and O–H groups in total. The van der Waals surface area contributed by atoms with Gasteiger partial charge in [0.2, 0.25) is 0 Å². The van der Waals surface area contributed by atoms with Crippen molar-refractivity contribution in [2.45, 2.75) is 54.1 Å². The molecule has 24 heteroatoms. The molecule has 0 bridgehead atoms. The van der Waals surface area contributed by atoms with Crippen LogP contribution in [0.4, 0.5) is 74.6 Å². The second-order valence-electron chi connectivity index (χ2n) is 9.22. The smallest absolute Gasteiger partial charge is 0.460 e. The predicted molar refractivity (Wildman–Crippen MR) is 121 cm³/mol. The highest BCUT2D eigenvalue weighted by Crippen LogP contribution is 2.64. The van der Waals surface area contributed by atoms with E-state index in [1.54, 1.807) is 0 Å². The fraction of sp³-hybridized carbons (Fsp3) is 0.870. The van der Waals surface area contributed by atoms with E-state index in [4.69, 9.17) is 24.1 Å². The second-order valence-corrected chi connectivity index (χ2v) is 9.22. The minimum absolute atomic E-state index is 0.0666. The molecule has 0 aliphatic heterocycles. The van der Waals surface area contributed by atoms with Crippen LogP contribution in [-0.2, 0) is 28.5 Å². The topological polar surface area (TPSA) is 83.5 Å². The summed E-state index contributed by atoms with van der Waals surface area (Å²) in [6, 6.07) is 0.